The molecule has 0 aliphatic heterocycles. The second-order valence-electron chi connectivity index (χ2n) is 4.33. The molecule has 0 aromatic heterocycles. The molecular formula is C15H14BrNO2. The molecule has 0 fully saturated rings. The van der Waals surface area contributed by atoms with Gasteiger partial charge in [0.15, 0.2) is 0 Å². The predicted octanol–water partition coefficient (Wildman–Crippen LogP) is 3.39. The van der Waals surface area contributed by atoms with Crippen molar-refractivity contribution in [2.24, 2.45) is 0 Å². The van der Waals surface area contributed by atoms with Crippen molar-refractivity contribution in [2.45, 2.75) is 13.5 Å². The van der Waals surface area contributed by atoms with Crippen molar-refractivity contribution in [2.75, 3.05) is 0 Å². The quantitative estimate of drug-likeness (QED) is 0.911. The first-order chi connectivity index (χ1) is 9.06. The van der Waals surface area contributed by atoms with E-state index in [1.165, 1.54) is 11.6 Å². The molecule has 2 rings (SSSR count). The normalized spacial score (nSPS) is 10.2. The Hall–Kier alpha value is -1.81. The standard InChI is InChI=1S/C15H14BrNO2/c1-10-2-4-11(5-3-10)9-17-15(19)12-6-7-13(16)14(18)8-12/h2-8,18H,9H2,1H3,(H,17,19). The number of amides is 1. The molecule has 0 atom stereocenters. The van der Waals surface area contributed by atoms with Crippen LogP contribution in [0.4, 0.5) is 0 Å². The maximum atomic E-state index is 11.9. The Morgan fingerprint density at radius 1 is 1.21 bits per heavy atom. The zero-order valence-electron chi connectivity index (χ0n) is 10.5. The number of benzene rings is 2. The lowest BCUT2D eigenvalue weighted by atomic mass is 10.1. The number of rotatable bonds is 3. The number of phenols is 1. The van der Waals surface area contributed by atoms with Gasteiger partial charge in [-0.3, -0.25) is 4.79 Å². The van der Waals surface area contributed by atoms with Gasteiger partial charge in [0.2, 0.25) is 0 Å². The van der Waals surface area contributed by atoms with Gasteiger partial charge in [-0.25, -0.2) is 0 Å². The number of hydrogen-bond acceptors (Lipinski definition) is 2. The van der Waals surface area contributed by atoms with Gasteiger partial charge in [-0.05, 0) is 46.6 Å². The molecule has 2 aromatic rings. The number of carbonyl (C=O) groups is 1. The molecule has 0 spiro atoms. The van der Waals surface area contributed by atoms with Crippen molar-refractivity contribution < 1.29 is 9.90 Å². The Morgan fingerprint density at radius 2 is 1.89 bits per heavy atom. The molecular weight excluding hydrogens is 306 g/mol. The SMILES string of the molecule is Cc1ccc(CNC(=O)c2ccc(Br)c(O)c2)cc1. The molecule has 2 aromatic carbocycles. The summed E-state index contributed by atoms with van der Waals surface area (Å²) in [6.45, 7) is 2.49. The zero-order valence-corrected chi connectivity index (χ0v) is 12.1. The van der Waals surface area contributed by atoms with Crippen LogP contribution in [0.5, 0.6) is 5.75 Å². The topological polar surface area (TPSA) is 49.3 Å². The van der Waals surface area contributed by atoms with Gasteiger partial charge < -0.3 is 10.4 Å². The molecule has 0 bridgehead atoms. The maximum Gasteiger partial charge on any atom is 0.251 e. The summed E-state index contributed by atoms with van der Waals surface area (Å²) in [4.78, 5) is 11.9. The Bertz CT molecular complexity index is 594. The molecule has 0 saturated heterocycles. The van der Waals surface area contributed by atoms with Crippen molar-refractivity contribution in [3.63, 3.8) is 0 Å². The number of hydrogen-bond donors (Lipinski definition) is 2. The van der Waals surface area contributed by atoms with Crippen LogP contribution in [0.3, 0.4) is 0 Å². The minimum atomic E-state index is -0.205. The van der Waals surface area contributed by atoms with E-state index in [2.05, 4.69) is 21.2 Å². The van der Waals surface area contributed by atoms with Gasteiger partial charge in [0.25, 0.3) is 5.91 Å². The minimum absolute atomic E-state index is 0.0583. The van der Waals surface area contributed by atoms with E-state index in [9.17, 15) is 9.90 Å². The molecule has 2 N–H and O–H groups in total. The third-order valence-electron chi connectivity index (χ3n) is 2.78. The van der Waals surface area contributed by atoms with Gasteiger partial charge in [-0.1, -0.05) is 29.8 Å². The second-order valence-corrected chi connectivity index (χ2v) is 5.19. The van der Waals surface area contributed by atoms with Gasteiger partial charge >= 0.3 is 0 Å². The number of halogens is 1. The van der Waals surface area contributed by atoms with Crippen LogP contribution in [0.2, 0.25) is 0 Å². The Morgan fingerprint density at radius 3 is 2.53 bits per heavy atom. The highest BCUT2D eigenvalue weighted by atomic mass is 79.9. The third kappa shape index (κ3) is 3.58. The lowest BCUT2D eigenvalue weighted by Gasteiger charge is -2.06. The Balaban J connectivity index is 2.01. The summed E-state index contributed by atoms with van der Waals surface area (Å²) in [5.41, 5.74) is 2.67. The first-order valence-corrected chi connectivity index (χ1v) is 6.68. The van der Waals surface area contributed by atoms with Crippen molar-refractivity contribution in [3.8, 4) is 5.75 Å². The fourth-order valence-corrected chi connectivity index (χ4v) is 1.89. The van der Waals surface area contributed by atoms with Crippen molar-refractivity contribution in [3.05, 3.63) is 63.6 Å². The van der Waals surface area contributed by atoms with Gasteiger partial charge in [-0.15, -0.1) is 0 Å². The van der Waals surface area contributed by atoms with Crippen molar-refractivity contribution >= 4 is 21.8 Å². The lowest BCUT2D eigenvalue weighted by Crippen LogP contribution is -2.22. The lowest BCUT2D eigenvalue weighted by molar-refractivity contribution is 0.0950. The van der Waals surface area contributed by atoms with E-state index < -0.39 is 0 Å². The highest BCUT2D eigenvalue weighted by Gasteiger charge is 2.07. The second kappa shape index (κ2) is 5.89. The highest BCUT2D eigenvalue weighted by Crippen LogP contribution is 2.24. The first kappa shape index (κ1) is 13.6. The number of nitrogens with one attached hydrogen (secondary N) is 1. The minimum Gasteiger partial charge on any atom is -0.507 e. The number of aryl methyl sites for hydroxylation is 1. The van der Waals surface area contributed by atoms with Crippen molar-refractivity contribution in [1.29, 1.82) is 0 Å². The average molecular weight is 320 g/mol. The van der Waals surface area contributed by atoms with E-state index in [1.54, 1.807) is 12.1 Å². The van der Waals surface area contributed by atoms with E-state index in [1.807, 2.05) is 31.2 Å². The van der Waals surface area contributed by atoms with Crippen LogP contribution >= 0.6 is 15.9 Å². The molecule has 0 heterocycles. The van der Waals surface area contributed by atoms with E-state index >= 15 is 0 Å². The smallest absolute Gasteiger partial charge is 0.251 e. The van der Waals surface area contributed by atoms with Gasteiger partial charge in [-0.2, -0.15) is 0 Å². The van der Waals surface area contributed by atoms with Crippen LogP contribution in [0, 0.1) is 6.92 Å². The van der Waals surface area contributed by atoms with Crippen LogP contribution in [0.15, 0.2) is 46.9 Å². The predicted molar refractivity (Wildman–Crippen MR) is 78.2 cm³/mol. The molecule has 4 heteroatoms. The first-order valence-electron chi connectivity index (χ1n) is 5.88. The van der Waals surface area contributed by atoms with Crippen LogP contribution in [0.1, 0.15) is 21.5 Å². The number of carbonyl (C=O) groups excluding carboxylic acids is 1. The van der Waals surface area contributed by atoms with Crippen LogP contribution < -0.4 is 5.32 Å². The summed E-state index contributed by atoms with van der Waals surface area (Å²) >= 11 is 3.18. The van der Waals surface area contributed by atoms with E-state index in [-0.39, 0.29) is 11.7 Å². The fourth-order valence-electron chi connectivity index (χ4n) is 1.64. The highest BCUT2D eigenvalue weighted by molar-refractivity contribution is 9.10. The summed E-state index contributed by atoms with van der Waals surface area (Å²) in [6, 6.07) is 12.7. The Labute approximate surface area is 120 Å². The molecule has 0 aliphatic rings. The average Bonchev–Trinajstić information content (AvgIpc) is 2.41. The number of phenolic OH excluding ortho intramolecular Hbond substituents is 1. The van der Waals surface area contributed by atoms with Gasteiger partial charge in [0.1, 0.15) is 5.75 Å². The zero-order chi connectivity index (χ0) is 13.8. The summed E-state index contributed by atoms with van der Waals surface area (Å²) in [5, 5.41) is 12.4. The third-order valence-corrected chi connectivity index (χ3v) is 3.45. The largest absolute Gasteiger partial charge is 0.507 e. The molecule has 19 heavy (non-hydrogen) atoms. The van der Waals surface area contributed by atoms with Crippen LogP contribution in [-0.2, 0) is 6.54 Å². The summed E-state index contributed by atoms with van der Waals surface area (Å²) in [5.74, 6) is -0.147. The van der Waals surface area contributed by atoms with Crippen LogP contribution in [0.25, 0.3) is 0 Å². The van der Waals surface area contributed by atoms with Gasteiger partial charge in [0.05, 0.1) is 4.47 Å². The maximum absolute atomic E-state index is 11.9. The molecule has 0 saturated carbocycles. The van der Waals surface area contributed by atoms with E-state index in [0.29, 0.717) is 16.6 Å². The van der Waals surface area contributed by atoms with Gasteiger partial charge in [0, 0.05) is 12.1 Å². The van der Waals surface area contributed by atoms with E-state index in [0.717, 1.165) is 5.56 Å². The Kier molecular flexibility index (Phi) is 4.22. The molecule has 0 aliphatic carbocycles. The van der Waals surface area contributed by atoms with E-state index in [4.69, 9.17) is 0 Å². The summed E-state index contributed by atoms with van der Waals surface area (Å²) in [7, 11) is 0. The molecule has 0 unspecified atom stereocenters. The molecule has 1 amide bonds. The fraction of sp³-hybridized carbons (Fsp3) is 0.133. The monoisotopic (exact) mass is 319 g/mol. The molecule has 3 nitrogen and oxygen atoms in total. The van der Waals surface area contributed by atoms with Crippen molar-refractivity contribution in [1.82, 2.24) is 5.32 Å². The van der Waals surface area contributed by atoms with Crippen LogP contribution in [-0.4, -0.2) is 11.0 Å². The number of aromatic hydroxyl groups is 1. The molecule has 98 valence electrons. The summed E-state index contributed by atoms with van der Waals surface area (Å²) in [6.07, 6.45) is 0. The summed E-state index contributed by atoms with van der Waals surface area (Å²) < 4.78 is 0.572. The molecule has 0 radical (unpaired) electrons.